The van der Waals surface area contributed by atoms with E-state index in [1.807, 2.05) is 43.3 Å². The molecule has 118 valence electrons. The summed E-state index contributed by atoms with van der Waals surface area (Å²) in [6, 6.07) is 22.2. The Labute approximate surface area is 141 Å². The Balaban J connectivity index is 2.07. The van der Waals surface area contributed by atoms with Gasteiger partial charge in [0, 0.05) is 34.0 Å². The Morgan fingerprint density at radius 2 is 1.50 bits per heavy atom. The first-order valence-corrected chi connectivity index (χ1v) is 8.32. The molecule has 0 aliphatic rings. The number of rotatable bonds is 3. The second kappa shape index (κ2) is 5.64. The van der Waals surface area contributed by atoms with Crippen LogP contribution in [0.2, 0.25) is 0 Å². The van der Waals surface area contributed by atoms with Crippen molar-refractivity contribution in [3.63, 3.8) is 0 Å². The smallest absolute Gasteiger partial charge is 0.195 e. The molecule has 3 aromatic carbocycles. The summed E-state index contributed by atoms with van der Waals surface area (Å²) < 4.78 is 2.25. The number of hydrogen-bond donors (Lipinski definition) is 0. The molecule has 0 radical (unpaired) electrons. The first-order chi connectivity index (χ1) is 11.7. The Morgan fingerprint density at radius 1 is 0.833 bits per heavy atom. The lowest BCUT2D eigenvalue weighted by Gasteiger charge is -2.09. The van der Waals surface area contributed by atoms with E-state index in [2.05, 4.69) is 41.8 Å². The third-order valence-corrected chi connectivity index (χ3v) is 4.74. The lowest BCUT2D eigenvalue weighted by Crippen LogP contribution is -2.06. The SMILES string of the molecule is CCn1c2ccccc2c2cccc(C(=O)c3ccccc3C)c21. The minimum atomic E-state index is 0.0937. The van der Waals surface area contributed by atoms with E-state index in [0.29, 0.717) is 0 Å². The van der Waals surface area contributed by atoms with E-state index in [9.17, 15) is 4.79 Å². The maximum Gasteiger partial charge on any atom is 0.195 e. The summed E-state index contributed by atoms with van der Waals surface area (Å²) >= 11 is 0. The molecular weight excluding hydrogens is 294 g/mol. The highest BCUT2D eigenvalue weighted by Crippen LogP contribution is 2.32. The van der Waals surface area contributed by atoms with Crippen LogP contribution in [0.4, 0.5) is 0 Å². The van der Waals surface area contributed by atoms with Gasteiger partial charge in [0.15, 0.2) is 5.78 Å². The van der Waals surface area contributed by atoms with Gasteiger partial charge in [0.2, 0.25) is 0 Å². The Morgan fingerprint density at radius 3 is 2.29 bits per heavy atom. The van der Waals surface area contributed by atoms with E-state index in [4.69, 9.17) is 0 Å². The van der Waals surface area contributed by atoms with Gasteiger partial charge in [-0.3, -0.25) is 4.79 Å². The number of hydrogen-bond acceptors (Lipinski definition) is 1. The van der Waals surface area contributed by atoms with Gasteiger partial charge < -0.3 is 4.57 Å². The van der Waals surface area contributed by atoms with Crippen molar-refractivity contribution in [2.24, 2.45) is 0 Å². The van der Waals surface area contributed by atoms with Crippen molar-refractivity contribution in [3.8, 4) is 0 Å². The third kappa shape index (κ3) is 2.07. The molecule has 0 saturated heterocycles. The summed E-state index contributed by atoms with van der Waals surface area (Å²) in [7, 11) is 0. The summed E-state index contributed by atoms with van der Waals surface area (Å²) in [5.74, 6) is 0.0937. The number of fused-ring (bicyclic) bond motifs is 3. The highest BCUT2D eigenvalue weighted by Gasteiger charge is 2.19. The predicted octanol–water partition coefficient (Wildman–Crippen LogP) is 5.35. The molecule has 0 N–H and O–H groups in total. The molecule has 2 heteroatoms. The van der Waals surface area contributed by atoms with Crippen LogP contribution in [0.15, 0.2) is 66.7 Å². The largest absolute Gasteiger partial charge is 0.340 e. The second-order valence-corrected chi connectivity index (χ2v) is 6.11. The van der Waals surface area contributed by atoms with Crippen LogP contribution in [0.3, 0.4) is 0 Å². The van der Waals surface area contributed by atoms with Crippen LogP contribution in [0.5, 0.6) is 0 Å². The molecule has 0 atom stereocenters. The second-order valence-electron chi connectivity index (χ2n) is 6.11. The van der Waals surface area contributed by atoms with Crippen molar-refractivity contribution in [2.45, 2.75) is 20.4 Å². The minimum Gasteiger partial charge on any atom is -0.340 e. The third-order valence-electron chi connectivity index (χ3n) is 4.74. The highest BCUT2D eigenvalue weighted by molar-refractivity contribution is 6.20. The van der Waals surface area contributed by atoms with Gasteiger partial charge in [-0.05, 0) is 31.5 Å². The number of benzene rings is 3. The normalized spacial score (nSPS) is 11.2. The fraction of sp³-hybridized carbons (Fsp3) is 0.136. The van der Waals surface area contributed by atoms with Crippen molar-refractivity contribution < 1.29 is 4.79 Å². The van der Waals surface area contributed by atoms with Crippen molar-refractivity contribution >= 4 is 27.6 Å². The van der Waals surface area contributed by atoms with Crippen LogP contribution in [0, 0.1) is 6.92 Å². The standard InChI is InChI=1S/C22H19NO/c1-3-23-20-14-7-6-11-17(20)18-12-8-13-19(21(18)23)22(24)16-10-5-4-9-15(16)2/h4-14H,3H2,1-2H3. The number of ketones is 1. The van der Waals surface area contributed by atoms with Gasteiger partial charge in [-0.2, -0.15) is 0 Å². The summed E-state index contributed by atoms with van der Waals surface area (Å²) in [5.41, 5.74) is 4.78. The van der Waals surface area contributed by atoms with E-state index >= 15 is 0 Å². The van der Waals surface area contributed by atoms with Crippen LogP contribution in [0.1, 0.15) is 28.4 Å². The Hall–Kier alpha value is -2.87. The number of para-hydroxylation sites is 2. The summed E-state index contributed by atoms with van der Waals surface area (Å²) in [5, 5.41) is 2.35. The lowest BCUT2D eigenvalue weighted by molar-refractivity contribution is 0.103. The molecule has 0 bridgehead atoms. The van der Waals surface area contributed by atoms with Crippen LogP contribution in [-0.4, -0.2) is 10.4 Å². The number of carbonyl (C=O) groups is 1. The molecule has 0 unspecified atom stereocenters. The van der Waals surface area contributed by atoms with Gasteiger partial charge in [0.25, 0.3) is 0 Å². The fourth-order valence-electron chi connectivity index (χ4n) is 3.59. The van der Waals surface area contributed by atoms with E-state index in [0.717, 1.165) is 34.1 Å². The maximum atomic E-state index is 13.2. The monoisotopic (exact) mass is 313 g/mol. The minimum absolute atomic E-state index is 0.0937. The molecule has 24 heavy (non-hydrogen) atoms. The average Bonchev–Trinajstić information content (AvgIpc) is 2.95. The van der Waals surface area contributed by atoms with E-state index < -0.39 is 0 Å². The van der Waals surface area contributed by atoms with Crippen LogP contribution < -0.4 is 0 Å². The molecule has 4 aromatic rings. The maximum absolute atomic E-state index is 13.2. The van der Waals surface area contributed by atoms with Gasteiger partial charge in [-0.15, -0.1) is 0 Å². The van der Waals surface area contributed by atoms with Gasteiger partial charge >= 0.3 is 0 Å². The summed E-state index contributed by atoms with van der Waals surface area (Å²) in [4.78, 5) is 13.2. The zero-order valence-electron chi connectivity index (χ0n) is 13.9. The van der Waals surface area contributed by atoms with E-state index in [-0.39, 0.29) is 5.78 Å². The zero-order chi connectivity index (χ0) is 16.7. The van der Waals surface area contributed by atoms with E-state index in [1.165, 1.54) is 10.9 Å². The Kier molecular flexibility index (Phi) is 3.46. The quantitative estimate of drug-likeness (QED) is 0.467. The zero-order valence-corrected chi connectivity index (χ0v) is 13.9. The summed E-state index contributed by atoms with van der Waals surface area (Å²) in [6.07, 6.45) is 0. The van der Waals surface area contributed by atoms with Gasteiger partial charge in [0.1, 0.15) is 0 Å². The van der Waals surface area contributed by atoms with Gasteiger partial charge in [-0.1, -0.05) is 54.6 Å². The highest BCUT2D eigenvalue weighted by atomic mass is 16.1. The fourth-order valence-corrected chi connectivity index (χ4v) is 3.59. The number of carbonyl (C=O) groups excluding carboxylic acids is 1. The molecule has 2 nitrogen and oxygen atoms in total. The lowest BCUT2D eigenvalue weighted by atomic mass is 9.97. The topological polar surface area (TPSA) is 22.0 Å². The van der Waals surface area contributed by atoms with Gasteiger partial charge in [0.05, 0.1) is 5.52 Å². The van der Waals surface area contributed by atoms with Crippen molar-refractivity contribution in [3.05, 3.63) is 83.4 Å². The molecule has 1 heterocycles. The molecular formula is C22H19NO. The molecule has 4 rings (SSSR count). The molecule has 0 aliphatic heterocycles. The van der Waals surface area contributed by atoms with Crippen molar-refractivity contribution in [1.82, 2.24) is 4.57 Å². The van der Waals surface area contributed by atoms with Crippen LogP contribution >= 0.6 is 0 Å². The van der Waals surface area contributed by atoms with Crippen molar-refractivity contribution in [2.75, 3.05) is 0 Å². The first kappa shape index (κ1) is 14.7. The van der Waals surface area contributed by atoms with Crippen LogP contribution in [-0.2, 0) is 6.54 Å². The number of aromatic nitrogens is 1. The molecule has 0 saturated carbocycles. The number of nitrogens with zero attached hydrogens (tertiary/aromatic N) is 1. The molecule has 1 aromatic heterocycles. The van der Waals surface area contributed by atoms with Crippen LogP contribution in [0.25, 0.3) is 21.8 Å². The van der Waals surface area contributed by atoms with Gasteiger partial charge in [-0.25, -0.2) is 0 Å². The molecule has 0 fully saturated rings. The first-order valence-electron chi connectivity index (χ1n) is 8.32. The molecule has 0 amide bonds. The number of aryl methyl sites for hydroxylation is 2. The van der Waals surface area contributed by atoms with Crippen molar-refractivity contribution in [1.29, 1.82) is 0 Å². The summed E-state index contributed by atoms with van der Waals surface area (Å²) in [6.45, 7) is 4.95. The molecule has 0 aliphatic carbocycles. The Bertz CT molecular complexity index is 1070. The average molecular weight is 313 g/mol. The van der Waals surface area contributed by atoms with E-state index in [1.54, 1.807) is 0 Å². The molecule has 0 spiro atoms. The predicted molar refractivity (Wildman–Crippen MR) is 99.7 cm³/mol.